The third-order valence-electron chi connectivity index (χ3n) is 2.86. The van der Waals surface area contributed by atoms with Crippen LogP contribution in [0.1, 0.15) is 19.4 Å². The Hall–Kier alpha value is -1.92. The van der Waals surface area contributed by atoms with Gasteiger partial charge in [0, 0.05) is 6.54 Å². The van der Waals surface area contributed by atoms with Crippen LogP contribution in [0, 0.1) is 5.82 Å². The van der Waals surface area contributed by atoms with E-state index >= 15 is 0 Å². The van der Waals surface area contributed by atoms with Crippen molar-refractivity contribution in [1.82, 2.24) is 4.72 Å². The molecule has 22 heavy (non-hydrogen) atoms. The van der Waals surface area contributed by atoms with E-state index in [9.17, 15) is 12.8 Å². The normalized spacial score (nSPS) is 11.6. The molecule has 0 amide bonds. The van der Waals surface area contributed by atoms with Gasteiger partial charge in [-0.2, -0.15) is 0 Å². The monoisotopic (exact) mass is 323 g/mol. The van der Waals surface area contributed by atoms with Crippen molar-refractivity contribution in [3.8, 4) is 5.75 Å². The molecule has 0 saturated heterocycles. The molecular formula is C16H18FNO3S. The van der Waals surface area contributed by atoms with Crippen molar-refractivity contribution in [2.75, 3.05) is 0 Å². The largest absolute Gasteiger partial charge is 0.491 e. The predicted molar refractivity (Wildman–Crippen MR) is 82.6 cm³/mol. The second-order valence-corrected chi connectivity index (χ2v) is 6.86. The molecule has 4 nitrogen and oxygen atoms in total. The first-order valence-corrected chi connectivity index (χ1v) is 8.36. The van der Waals surface area contributed by atoms with E-state index in [2.05, 4.69) is 4.72 Å². The maximum absolute atomic E-state index is 12.8. The SMILES string of the molecule is CC(C)Oc1cccc(CNS(=O)(=O)c2ccc(F)cc2)c1. The molecule has 0 aromatic heterocycles. The Morgan fingerprint density at radius 2 is 1.82 bits per heavy atom. The average Bonchev–Trinajstić information content (AvgIpc) is 2.45. The number of nitrogens with one attached hydrogen (secondary N) is 1. The second kappa shape index (κ2) is 6.89. The van der Waals surface area contributed by atoms with Crippen molar-refractivity contribution < 1.29 is 17.5 Å². The summed E-state index contributed by atoms with van der Waals surface area (Å²) >= 11 is 0. The Kier molecular flexibility index (Phi) is 5.15. The smallest absolute Gasteiger partial charge is 0.240 e. The summed E-state index contributed by atoms with van der Waals surface area (Å²) in [6, 6.07) is 11.9. The molecule has 0 aliphatic heterocycles. The molecule has 6 heteroatoms. The van der Waals surface area contributed by atoms with Crippen LogP contribution in [0.3, 0.4) is 0 Å². The summed E-state index contributed by atoms with van der Waals surface area (Å²) in [5.74, 6) is 0.214. The predicted octanol–water partition coefficient (Wildman–Crippen LogP) is 3.09. The Morgan fingerprint density at radius 3 is 2.45 bits per heavy atom. The van der Waals surface area contributed by atoms with Gasteiger partial charge in [0.15, 0.2) is 0 Å². The first kappa shape index (κ1) is 16.5. The van der Waals surface area contributed by atoms with Crippen molar-refractivity contribution in [3.05, 3.63) is 59.9 Å². The molecule has 0 aliphatic rings. The summed E-state index contributed by atoms with van der Waals surface area (Å²) < 4.78 is 45.1. The molecule has 0 unspecified atom stereocenters. The third kappa shape index (κ3) is 4.54. The van der Waals surface area contributed by atoms with Crippen LogP contribution in [0.5, 0.6) is 5.75 Å². The minimum absolute atomic E-state index is 0.0310. The number of rotatable bonds is 6. The Bertz CT molecular complexity index is 727. The molecule has 2 rings (SSSR count). The zero-order chi connectivity index (χ0) is 16.2. The molecule has 118 valence electrons. The highest BCUT2D eigenvalue weighted by Crippen LogP contribution is 2.16. The molecule has 2 aromatic carbocycles. The Labute approximate surface area is 130 Å². The van der Waals surface area contributed by atoms with E-state index < -0.39 is 15.8 Å². The molecule has 0 spiro atoms. The molecule has 0 fully saturated rings. The lowest BCUT2D eigenvalue weighted by molar-refractivity contribution is 0.242. The summed E-state index contributed by atoms with van der Waals surface area (Å²) in [6.07, 6.45) is 0.0474. The van der Waals surface area contributed by atoms with E-state index in [4.69, 9.17) is 4.74 Å². The van der Waals surface area contributed by atoms with Crippen LogP contribution in [-0.4, -0.2) is 14.5 Å². The van der Waals surface area contributed by atoms with Gasteiger partial charge in [-0.25, -0.2) is 17.5 Å². The van der Waals surface area contributed by atoms with Gasteiger partial charge in [-0.05, 0) is 55.8 Å². The van der Waals surface area contributed by atoms with Crippen molar-refractivity contribution in [3.63, 3.8) is 0 Å². The fraction of sp³-hybridized carbons (Fsp3) is 0.250. The molecule has 0 radical (unpaired) electrons. The maximum Gasteiger partial charge on any atom is 0.240 e. The summed E-state index contributed by atoms with van der Waals surface area (Å²) in [7, 11) is -3.67. The van der Waals surface area contributed by atoms with E-state index in [1.54, 1.807) is 18.2 Å². The van der Waals surface area contributed by atoms with Crippen molar-refractivity contribution in [2.24, 2.45) is 0 Å². The van der Waals surface area contributed by atoms with Crippen molar-refractivity contribution >= 4 is 10.0 Å². The van der Waals surface area contributed by atoms with Crippen LogP contribution < -0.4 is 9.46 Å². The van der Waals surface area contributed by atoms with Crippen LogP contribution in [0.15, 0.2) is 53.4 Å². The summed E-state index contributed by atoms with van der Waals surface area (Å²) in [4.78, 5) is 0.0310. The topological polar surface area (TPSA) is 55.4 Å². The van der Waals surface area contributed by atoms with Gasteiger partial charge in [0.25, 0.3) is 0 Å². The minimum atomic E-state index is -3.67. The van der Waals surface area contributed by atoms with Crippen LogP contribution in [0.2, 0.25) is 0 Å². The third-order valence-corrected chi connectivity index (χ3v) is 4.28. The van der Waals surface area contributed by atoms with Gasteiger partial charge in [-0.3, -0.25) is 0 Å². The van der Waals surface area contributed by atoms with Gasteiger partial charge in [0.1, 0.15) is 11.6 Å². The minimum Gasteiger partial charge on any atom is -0.491 e. The quantitative estimate of drug-likeness (QED) is 0.889. The lowest BCUT2D eigenvalue weighted by Crippen LogP contribution is -2.23. The van der Waals surface area contributed by atoms with Gasteiger partial charge in [-0.15, -0.1) is 0 Å². The van der Waals surface area contributed by atoms with Gasteiger partial charge in [-0.1, -0.05) is 12.1 Å². The first-order chi connectivity index (χ1) is 10.4. The van der Waals surface area contributed by atoms with Crippen molar-refractivity contribution in [2.45, 2.75) is 31.4 Å². The highest BCUT2D eigenvalue weighted by atomic mass is 32.2. The van der Waals surface area contributed by atoms with E-state index in [1.165, 1.54) is 12.1 Å². The van der Waals surface area contributed by atoms with Crippen LogP contribution in [0.25, 0.3) is 0 Å². The fourth-order valence-corrected chi connectivity index (χ4v) is 2.89. The van der Waals surface area contributed by atoms with E-state index in [-0.39, 0.29) is 17.5 Å². The Balaban J connectivity index is 2.07. The van der Waals surface area contributed by atoms with E-state index in [0.717, 1.165) is 17.7 Å². The number of hydrogen-bond donors (Lipinski definition) is 1. The molecule has 0 atom stereocenters. The molecule has 0 bridgehead atoms. The van der Waals surface area contributed by atoms with Gasteiger partial charge in [0.05, 0.1) is 11.0 Å². The fourth-order valence-electron chi connectivity index (χ4n) is 1.88. The van der Waals surface area contributed by atoms with Crippen LogP contribution in [-0.2, 0) is 16.6 Å². The van der Waals surface area contributed by atoms with E-state index in [1.807, 2.05) is 19.9 Å². The zero-order valence-corrected chi connectivity index (χ0v) is 13.2. The Morgan fingerprint density at radius 1 is 1.14 bits per heavy atom. The molecule has 1 N–H and O–H groups in total. The van der Waals surface area contributed by atoms with Gasteiger partial charge < -0.3 is 4.74 Å². The maximum atomic E-state index is 12.8. The number of sulfonamides is 1. The number of halogens is 1. The summed E-state index contributed by atoms with van der Waals surface area (Å²) in [6.45, 7) is 3.98. The van der Waals surface area contributed by atoms with Gasteiger partial charge >= 0.3 is 0 Å². The molecular weight excluding hydrogens is 305 g/mol. The summed E-state index contributed by atoms with van der Waals surface area (Å²) in [5, 5.41) is 0. The average molecular weight is 323 g/mol. The lowest BCUT2D eigenvalue weighted by atomic mass is 10.2. The lowest BCUT2D eigenvalue weighted by Gasteiger charge is -2.11. The van der Waals surface area contributed by atoms with Crippen LogP contribution in [0.4, 0.5) is 4.39 Å². The molecule has 2 aromatic rings. The van der Waals surface area contributed by atoms with Gasteiger partial charge in [0.2, 0.25) is 10.0 Å². The van der Waals surface area contributed by atoms with Crippen LogP contribution >= 0.6 is 0 Å². The zero-order valence-electron chi connectivity index (χ0n) is 12.4. The highest BCUT2D eigenvalue weighted by Gasteiger charge is 2.13. The highest BCUT2D eigenvalue weighted by molar-refractivity contribution is 7.89. The number of ether oxygens (including phenoxy) is 1. The number of benzene rings is 2. The molecule has 0 aliphatic carbocycles. The van der Waals surface area contributed by atoms with Crippen molar-refractivity contribution in [1.29, 1.82) is 0 Å². The molecule has 0 heterocycles. The van der Waals surface area contributed by atoms with E-state index in [0.29, 0.717) is 5.75 Å². The molecule has 0 saturated carbocycles. The summed E-state index contributed by atoms with van der Waals surface area (Å²) in [5.41, 5.74) is 0.781. The first-order valence-electron chi connectivity index (χ1n) is 6.87. The number of hydrogen-bond acceptors (Lipinski definition) is 3. The second-order valence-electron chi connectivity index (χ2n) is 5.09. The standard InChI is InChI=1S/C16H18FNO3S/c1-12(2)21-15-5-3-4-13(10-15)11-18-22(19,20)16-8-6-14(17)7-9-16/h3-10,12,18H,11H2,1-2H3.